The van der Waals surface area contributed by atoms with Crippen molar-refractivity contribution in [3.63, 3.8) is 0 Å². The zero-order chi connectivity index (χ0) is 20.8. The molecule has 1 aliphatic rings. The summed E-state index contributed by atoms with van der Waals surface area (Å²) in [5.74, 6) is 2.78. The van der Waals surface area contributed by atoms with E-state index in [0.717, 1.165) is 28.1 Å². The van der Waals surface area contributed by atoms with Gasteiger partial charge in [0.2, 0.25) is 0 Å². The Balaban J connectivity index is 1.91. The van der Waals surface area contributed by atoms with E-state index in [4.69, 9.17) is 14.5 Å². The average Bonchev–Trinajstić information content (AvgIpc) is 3.23. The summed E-state index contributed by atoms with van der Waals surface area (Å²) in [6.07, 6.45) is -0.775. The van der Waals surface area contributed by atoms with Gasteiger partial charge >= 0.3 is 0 Å². The average molecular weight is 394 g/mol. The molecule has 1 unspecified atom stereocenters. The second-order valence-electron chi connectivity index (χ2n) is 7.58. The molecule has 0 bridgehead atoms. The highest BCUT2D eigenvalue weighted by molar-refractivity contribution is 5.84. The smallest absolute Gasteiger partial charge is 0.140 e. The number of rotatable bonds is 5. The third kappa shape index (κ3) is 2.98. The summed E-state index contributed by atoms with van der Waals surface area (Å²) in [6, 6.07) is 13.5. The molecule has 3 aromatic rings. The van der Waals surface area contributed by atoms with Gasteiger partial charge in [-0.3, -0.25) is 0 Å². The number of aromatic nitrogens is 2. The molecule has 29 heavy (non-hydrogen) atoms. The Hall–Kier alpha value is -3.19. The number of aromatic amines is 1. The van der Waals surface area contributed by atoms with Crippen LogP contribution in [-0.4, -0.2) is 48.0 Å². The minimum absolute atomic E-state index is 0.635. The molecule has 1 aliphatic heterocycles. The molecule has 152 valence electrons. The van der Waals surface area contributed by atoms with Gasteiger partial charge in [-0.25, -0.2) is 4.98 Å². The van der Waals surface area contributed by atoms with Gasteiger partial charge in [-0.1, -0.05) is 12.1 Å². The zero-order valence-corrected chi connectivity index (χ0v) is 17.3. The highest BCUT2D eigenvalue weighted by Crippen LogP contribution is 2.45. The van der Waals surface area contributed by atoms with E-state index in [-0.39, 0.29) is 0 Å². The van der Waals surface area contributed by atoms with Crippen LogP contribution in [0.5, 0.6) is 11.5 Å². The molecule has 1 aromatic heterocycles. The number of aliphatic hydroxyl groups is 1. The molecular weight excluding hydrogens is 368 g/mol. The third-order valence-electron chi connectivity index (χ3n) is 5.47. The first-order chi connectivity index (χ1) is 13.9. The van der Waals surface area contributed by atoms with Crippen LogP contribution in [0, 0.1) is 0 Å². The van der Waals surface area contributed by atoms with E-state index in [1.165, 1.54) is 0 Å². The number of para-hydroxylation sites is 2. The van der Waals surface area contributed by atoms with Crippen molar-refractivity contribution in [1.29, 1.82) is 0 Å². The van der Waals surface area contributed by atoms with Crippen molar-refractivity contribution in [2.24, 2.45) is 0 Å². The van der Waals surface area contributed by atoms with Crippen LogP contribution in [-0.2, 0) is 0 Å². The molecule has 4 rings (SSSR count). The minimum Gasteiger partial charge on any atom is -0.497 e. The van der Waals surface area contributed by atoms with E-state index < -0.39 is 11.6 Å². The van der Waals surface area contributed by atoms with Crippen LogP contribution in [0.1, 0.15) is 19.7 Å². The molecule has 2 heterocycles. The molecule has 0 saturated carbocycles. The lowest BCUT2D eigenvalue weighted by molar-refractivity contribution is 0.165. The van der Waals surface area contributed by atoms with Crippen LogP contribution in [0.4, 0.5) is 5.69 Å². The van der Waals surface area contributed by atoms with Gasteiger partial charge in [-0.2, -0.15) is 0 Å². The summed E-state index contributed by atoms with van der Waals surface area (Å²) < 4.78 is 10.9. The normalized spacial score (nSPS) is 18.4. The number of nitrogens with zero attached hydrogens (tertiary/aromatic N) is 2. The summed E-state index contributed by atoms with van der Waals surface area (Å²) in [5.41, 5.74) is 2.72. The number of methoxy groups -OCH3 is 2. The van der Waals surface area contributed by atoms with Crippen molar-refractivity contribution < 1.29 is 14.6 Å². The van der Waals surface area contributed by atoms with Crippen LogP contribution in [0.25, 0.3) is 16.6 Å². The van der Waals surface area contributed by atoms with Crippen molar-refractivity contribution in [2.75, 3.05) is 26.2 Å². The number of nitrogens with one attached hydrogen (secondary N) is 2. The Morgan fingerprint density at radius 2 is 1.76 bits per heavy atom. The number of anilines is 1. The maximum Gasteiger partial charge on any atom is 0.140 e. The number of H-pyrrole nitrogens is 1. The first kappa shape index (κ1) is 19.1. The largest absolute Gasteiger partial charge is 0.497 e. The van der Waals surface area contributed by atoms with Gasteiger partial charge < -0.3 is 29.8 Å². The van der Waals surface area contributed by atoms with Crippen molar-refractivity contribution in [1.82, 2.24) is 15.3 Å². The number of imidazole rings is 1. The van der Waals surface area contributed by atoms with Crippen molar-refractivity contribution in [3.8, 4) is 11.5 Å². The fourth-order valence-electron chi connectivity index (χ4n) is 3.97. The summed E-state index contributed by atoms with van der Waals surface area (Å²) in [5, 5.41) is 14.6. The molecule has 2 aromatic carbocycles. The Morgan fingerprint density at radius 3 is 2.34 bits per heavy atom. The number of aliphatic hydroxyl groups excluding tert-OH is 1. The molecule has 0 radical (unpaired) electrons. The van der Waals surface area contributed by atoms with Gasteiger partial charge in [-0.05, 0) is 26.0 Å². The van der Waals surface area contributed by atoms with Gasteiger partial charge in [-0.15, -0.1) is 0 Å². The van der Waals surface area contributed by atoms with E-state index in [9.17, 15) is 5.11 Å². The molecule has 3 N–H and O–H groups in total. The molecule has 0 amide bonds. The lowest BCUT2D eigenvalue weighted by Gasteiger charge is -2.37. The maximum absolute atomic E-state index is 11.3. The summed E-state index contributed by atoms with van der Waals surface area (Å²) in [4.78, 5) is 10.1. The third-order valence-corrected chi connectivity index (χ3v) is 5.47. The number of hydrogen-bond donors (Lipinski definition) is 3. The van der Waals surface area contributed by atoms with Gasteiger partial charge in [0.25, 0.3) is 0 Å². The number of ether oxygens (including phenoxy) is 2. The van der Waals surface area contributed by atoms with Gasteiger partial charge in [0, 0.05) is 25.2 Å². The van der Waals surface area contributed by atoms with Gasteiger partial charge in [0.15, 0.2) is 0 Å². The summed E-state index contributed by atoms with van der Waals surface area (Å²) in [7, 11) is 5.09. The Labute approximate surface area is 170 Å². The van der Waals surface area contributed by atoms with Crippen molar-refractivity contribution in [2.45, 2.75) is 25.5 Å². The number of fused-ring (bicyclic) bond motifs is 1. The molecule has 0 saturated heterocycles. The fraction of sp³-hybridized carbons (Fsp3) is 0.318. The van der Waals surface area contributed by atoms with Crippen molar-refractivity contribution >= 4 is 22.3 Å². The lowest BCUT2D eigenvalue weighted by atomic mass is 9.93. The highest BCUT2D eigenvalue weighted by Gasteiger charge is 2.48. The lowest BCUT2D eigenvalue weighted by Crippen LogP contribution is -2.48. The van der Waals surface area contributed by atoms with Crippen LogP contribution in [0.2, 0.25) is 0 Å². The van der Waals surface area contributed by atoms with Crippen LogP contribution in [0.3, 0.4) is 0 Å². The van der Waals surface area contributed by atoms with E-state index in [1.54, 1.807) is 14.2 Å². The Kier molecular flexibility index (Phi) is 4.62. The van der Waals surface area contributed by atoms with E-state index in [0.29, 0.717) is 17.3 Å². The Morgan fingerprint density at radius 1 is 1.10 bits per heavy atom. The standard InChI is InChI=1S/C22H26N4O3/c1-22(2)19(27)18(20-24-16-8-6-7-9-17(16)25-20)21(23-3)26(22)13-10-14(28-4)12-15(11-13)29-5/h6-12,19,23,27H,1-5H3,(H,24,25). The molecule has 0 spiro atoms. The maximum atomic E-state index is 11.3. The SMILES string of the molecule is CNC1=C(c2nc3ccccc3[nH]2)C(O)C(C)(C)N1c1cc(OC)cc(OC)c1. The van der Waals surface area contributed by atoms with E-state index in [2.05, 4.69) is 15.2 Å². The first-order valence-corrected chi connectivity index (χ1v) is 9.49. The molecule has 0 fully saturated rings. The molecule has 7 nitrogen and oxygen atoms in total. The second-order valence-corrected chi connectivity index (χ2v) is 7.58. The summed E-state index contributed by atoms with van der Waals surface area (Å²) in [6.45, 7) is 3.99. The van der Waals surface area contributed by atoms with Crippen LogP contribution in [0.15, 0.2) is 48.3 Å². The van der Waals surface area contributed by atoms with E-state index in [1.807, 2.05) is 63.4 Å². The molecular formula is C22H26N4O3. The number of benzene rings is 2. The molecule has 0 aliphatic carbocycles. The topological polar surface area (TPSA) is 82.6 Å². The second kappa shape index (κ2) is 7.00. The van der Waals surface area contributed by atoms with Gasteiger partial charge in [0.05, 0.1) is 42.1 Å². The zero-order valence-electron chi connectivity index (χ0n) is 17.3. The molecule has 7 heteroatoms. The monoisotopic (exact) mass is 394 g/mol. The quantitative estimate of drug-likeness (QED) is 0.617. The van der Waals surface area contributed by atoms with E-state index >= 15 is 0 Å². The Bertz CT molecular complexity index is 1030. The number of hydrogen-bond acceptors (Lipinski definition) is 6. The van der Waals surface area contributed by atoms with Crippen LogP contribution >= 0.6 is 0 Å². The van der Waals surface area contributed by atoms with Crippen LogP contribution < -0.4 is 19.7 Å². The molecule has 1 atom stereocenters. The summed E-state index contributed by atoms with van der Waals surface area (Å²) >= 11 is 0. The fourth-order valence-corrected chi connectivity index (χ4v) is 3.97. The predicted molar refractivity (Wildman–Crippen MR) is 114 cm³/mol. The highest BCUT2D eigenvalue weighted by atomic mass is 16.5. The van der Waals surface area contributed by atoms with Crippen molar-refractivity contribution in [3.05, 3.63) is 54.1 Å². The minimum atomic E-state index is -0.775. The first-order valence-electron chi connectivity index (χ1n) is 9.49. The van der Waals surface area contributed by atoms with Gasteiger partial charge in [0.1, 0.15) is 29.2 Å². The predicted octanol–water partition coefficient (Wildman–Crippen LogP) is 3.13.